The first-order chi connectivity index (χ1) is 7.71. The van der Waals surface area contributed by atoms with Crippen molar-refractivity contribution < 1.29 is 18.1 Å². The molecule has 0 aliphatic heterocycles. The minimum atomic E-state index is -4.71. The number of nitro groups is 1. The average molecular weight is 265 g/mol. The number of hydrogen-bond acceptors (Lipinski definition) is 3. The monoisotopic (exact) mass is 265 g/mol. The summed E-state index contributed by atoms with van der Waals surface area (Å²) in [5.41, 5.74) is -2.11. The van der Waals surface area contributed by atoms with Crippen LogP contribution in [0.4, 0.5) is 18.9 Å². The second-order valence-corrected chi connectivity index (χ2v) is 5.25. The highest BCUT2D eigenvalue weighted by Crippen LogP contribution is 2.38. The summed E-state index contributed by atoms with van der Waals surface area (Å²) in [5.74, 6) is 0. The Bertz CT molecular complexity index is 432. The number of rotatable bonds is 3. The van der Waals surface area contributed by atoms with E-state index in [4.69, 9.17) is 0 Å². The molecule has 1 rings (SSSR count). The van der Waals surface area contributed by atoms with Crippen LogP contribution >= 0.6 is 11.8 Å². The van der Waals surface area contributed by atoms with Crippen molar-refractivity contribution in [3.8, 4) is 0 Å². The van der Waals surface area contributed by atoms with Gasteiger partial charge in [-0.1, -0.05) is 13.8 Å². The van der Waals surface area contributed by atoms with Gasteiger partial charge in [-0.3, -0.25) is 10.1 Å². The summed E-state index contributed by atoms with van der Waals surface area (Å²) >= 11 is 1.23. The maximum Gasteiger partial charge on any atom is 0.423 e. The molecular formula is C10H10F3NO2S. The van der Waals surface area contributed by atoms with Gasteiger partial charge in [0.1, 0.15) is 5.56 Å². The Morgan fingerprint density at radius 3 is 2.35 bits per heavy atom. The maximum atomic E-state index is 12.6. The van der Waals surface area contributed by atoms with Gasteiger partial charge in [0.05, 0.1) is 4.92 Å². The fourth-order valence-corrected chi connectivity index (χ4v) is 2.12. The molecule has 0 unspecified atom stereocenters. The summed E-state index contributed by atoms with van der Waals surface area (Å²) in [7, 11) is 0. The van der Waals surface area contributed by atoms with E-state index in [1.54, 1.807) is 0 Å². The van der Waals surface area contributed by atoms with Crippen LogP contribution < -0.4 is 0 Å². The molecule has 3 nitrogen and oxygen atoms in total. The van der Waals surface area contributed by atoms with Crippen molar-refractivity contribution in [1.82, 2.24) is 0 Å². The smallest absolute Gasteiger partial charge is 0.258 e. The van der Waals surface area contributed by atoms with E-state index in [1.165, 1.54) is 17.8 Å². The molecule has 0 N–H and O–H groups in total. The zero-order valence-electron chi connectivity index (χ0n) is 9.12. The number of nitrogens with zero attached hydrogens (tertiary/aromatic N) is 1. The first-order valence-electron chi connectivity index (χ1n) is 4.74. The number of benzene rings is 1. The minimum absolute atomic E-state index is 0.109. The maximum absolute atomic E-state index is 12.6. The summed E-state index contributed by atoms with van der Waals surface area (Å²) in [5, 5.41) is 10.6. The molecule has 0 heterocycles. The Morgan fingerprint density at radius 1 is 1.35 bits per heavy atom. The highest BCUT2D eigenvalue weighted by atomic mass is 32.2. The third-order valence-electron chi connectivity index (χ3n) is 1.84. The van der Waals surface area contributed by atoms with E-state index in [-0.39, 0.29) is 5.25 Å². The third-order valence-corrected chi connectivity index (χ3v) is 2.84. The van der Waals surface area contributed by atoms with Crippen LogP contribution in [0.15, 0.2) is 23.1 Å². The minimum Gasteiger partial charge on any atom is -0.258 e. The van der Waals surface area contributed by atoms with E-state index in [2.05, 4.69) is 0 Å². The normalized spacial score (nSPS) is 11.9. The number of hydrogen-bond donors (Lipinski definition) is 0. The van der Waals surface area contributed by atoms with Gasteiger partial charge in [0.15, 0.2) is 0 Å². The molecule has 0 spiro atoms. The predicted octanol–water partition coefficient (Wildman–Crippen LogP) is 4.11. The zero-order valence-corrected chi connectivity index (χ0v) is 9.93. The first-order valence-corrected chi connectivity index (χ1v) is 5.62. The van der Waals surface area contributed by atoms with Crippen molar-refractivity contribution in [1.29, 1.82) is 0 Å². The molecule has 1 aromatic carbocycles. The summed E-state index contributed by atoms with van der Waals surface area (Å²) in [4.78, 5) is 9.85. The van der Waals surface area contributed by atoms with E-state index in [0.29, 0.717) is 4.90 Å². The Labute approximate surface area is 100 Å². The topological polar surface area (TPSA) is 43.1 Å². The molecule has 0 saturated carbocycles. The molecule has 0 aromatic heterocycles. The van der Waals surface area contributed by atoms with Crippen molar-refractivity contribution in [3.05, 3.63) is 33.9 Å². The van der Waals surface area contributed by atoms with Gasteiger partial charge in [0, 0.05) is 16.2 Å². The zero-order chi connectivity index (χ0) is 13.2. The second-order valence-electron chi connectivity index (χ2n) is 3.60. The molecule has 17 heavy (non-hydrogen) atoms. The molecule has 0 aliphatic rings. The first kappa shape index (κ1) is 13.8. The summed E-state index contributed by atoms with van der Waals surface area (Å²) in [6.07, 6.45) is -4.71. The molecule has 0 fully saturated rings. The molecule has 0 aliphatic carbocycles. The Morgan fingerprint density at radius 2 is 1.94 bits per heavy atom. The van der Waals surface area contributed by atoms with Crippen LogP contribution in [-0.2, 0) is 6.18 Å². The molecule has 0 radical (unpaired) electrons. The van der Waals surface area contributed by atoms with E-state index < -0.39 is 22.4 Å². The van der Waals surface area contributed by atoms with Crippen LogP contribution in [-0.4, -0.2) is 10.2 Å². The molecule has 0 amide bonds. The predicted molar refractivity (Wildman–Crippen MR) is 59.1 cm³/mol. The molecule has 0 saturated heterocycles. The largest absolute Gasteiger partial charge is 0.423 e. The SMILES string of the molecule is CC(C)Sc1ccc([N+](=O)[O-])c(C(F)(F)F)c1. The van der Waals surface area contributed by atoms with Crippen molar-refractivity contribution in [2.45, 2.75) is 30.2 Å². The van der Waals surface area contributed by atoms with Gasteiger partial charge in [0.25, 0.3) is 5.69 Å². The van der Waals surface area contributed by atoms with E-state index >= 15 is 0 Å². The lowest BCUT2D eigenvalue weighted by atomic mass is 10.2. The summed E-state index contributed by atoms with van der Waals surface area (Å²) < 4.78 is 37.8. The van der Waals surface area contributed by atoms with Crippen molar-refractivity contribution >= 4 is 17.4 Å². The van der Waals surface area contributed by atoms with Crippen LogP contribution in [0.25, 0.3) is 0 Å². The van der Waals surface area contributed by atoms with Gasteiger partial charge in [-0.05, 0) is 12.1 Å². The van der Waals surface area contributed by atoms with E-state index in [9.17, 15) is 23.3 Å². The lowest BCUT2D eigenvalue weighted by Crippen LogP contribution is -2.09. The van der Waals surface area contributed by atoms with Gasteiger partial charge >= 0.3 is 6.18 Å². The van der Waals surface area contributed by atoms with Crippen LogP contribution in [0.3, 0.4) is 0 Å². The number of nitro benzene ring substituents is 1. The summed E-state index contributed by atoms with van der Waals surface area (Å²) in [6, 6.07) is 3.05. The molecule has 7 heteroatoms. The Balaban J connectivity index is 3.25. The van der Waals surface area contributed by atoms with Crippen LogP contribution in [0.1, 0.15) is 19.4 Å². The van der Waals surface area contributed by atoms with Crippen molar-refractivity contribution in [3.63, 3.8) is 0 Å². The Kier molecular flexibility index (Phi) is 4.03. The molecule has 94 valence electrons. The third kappa shape index (κ3) is 3.62. The van der Waals surface area contributed by atoms with Gasteiger partial charge < -0.3 is 0 Å². The highest BCUT2D eigenvalue weighted by molar-refractivity contribution is 7.99. The van der Waals surface area contributed by atoms with Gasteiger partial charge in [-0.25, -0.2) is 0 Å². The van der Waals surface area contributed by atoms with Gasteiger partial charge in [0.2, 0.25) is 0 Å². The lowest BCUT2D eigenvalue weighted by molar-refractivity contribution is -0.388. The van der Waals surface area contributed by atoms with E-state index in [0.717, 1.165) is 12.1 Å². The van der Waals surface area contributed by atoms with Crippen LogP contribution in [0.5, 0.6) is 0 Å². The number of alkyl halides is 3. The molecule has 1 aromatic rings. The van der Waals surface area contributed by atoms with Crippen LogP contribution in [0, 0.1) is 10.1 Å². The fourth-order valence-electron chi connectivity index (χ4n) is 1.25. The molecule has 0 bridgehead atoms. The fraction of sp³-hybridized carbons (Fsp3) is 0.400. The van der Waals surface area contributed by atoms with Crippen molar-refractivity contribution in [2.75, 3.05) is 0 Å². The molecule has 0 atom stereocenters. The second kappa shape index (κ2) is 4.95. The number of halogens is 3. The lowest BCUT2D eigenvalue weighted by Gasteiger charge is -2.10. The van der Waals surface area contributed by atoms with Crippen molar-refractivity contribution in [2.24, 2.45) is 0 Å². The molecular weight excluding hydrogens is 255 g/mol. The average Bonchev–Trinajstić information content (AvgIpc) is 2.14. The quantitative estimate of drug-likeness (QED) is 0.469. The highest BCUT2D eigenvalue weighted by Gasteiger charge is 2.38. The van der Waals surface area contributed by atoms with E-state index in [1.807, 2.05) is 13.8 Å². The summed E-state index contributed by atoms with van der Waals surface area (Å²) in [6.45, 7) is 3.67. The number of thioether (sulfide) groups is 1. The van der Waals surface area contributed by atoms with Gasteiger partial charge in [-0.15, -0.1) is 11.8 Å². The van der Waals surface area contributed by atoms with Crippen LogP contribution in [0.2, 0.25) is 0 Å². The Hall–Kier alpha value is -1.24. The standard InChI is InChI=1S/C10H10F3NO2S/c1-6(2)17-7-3-4-9(14(15)16)8(5-7)10(11,12)13/h3-6H,1-2H3. The van der Waals surface area contributed by atoms with Gasteiger partial charge in [-0.2, -0.15) is 13.2 Å².